The number of hydrogen-bond acceptors (Lipinski definition) is 3. The molecule has 0 aliphatic heterocycles. The number of pyridine rings is 1. The first-order chi connectivity index (χ1) is 8.45. The number of aromatic nitrogens is 1. The van der Waals surface area contributed by atoms with Crippen molar-refractivity contribution in [2.75, 3.05) is 0 Å². The predicted octanol–water partition coefficient (Wildman–Crippen LogP) is 2.80. The zero-order valence-corrected chi connectivity index (χ0v) is 10.6. The standard InChI is InChI=1S/C13H15FN2O2/c1-4-12(8(2)13(17)18)16-9(3)10-5-11(14)7-15-6-10/h5-7H,4H2,1-3H3,(H,17,18)/b12-8+,16-9?. The number of hydrogen-bond donors (Lipinski definition) is 1. The number of carbonyl (C=O) groups is 1. The maximum Gasteiger partial charge on any atom is 0.333 e. The average Bonchev–Trinajstić information content (AvgIpc) is 2.34. The first-order valence-corrected chi connectivity index (χ1v) is 5.55. The number of allylic oxidation sites excluding steroid dienone is 1. The molecule has 1 aromatic rings. The number of nitrogens with zero attached hydrogens (tertiary/aromatic N) is 2. The minimum Gasteiger partial charge on any atom is -0.478 e. The summed E-state index contributed by atoms with van der Waals surface area (Å²) in [5.41, 5.74) is 1.75. The maximum atomic E-state index is 13.0. The molecule has 0 atom stereocenters. The molecule has 1 N–H and O–H groups in total. The second-order valence-corrected chi connectivity index (χ2v) is 3.82. The van der Waals surface area contributed by atoms with Gasteiger partial charge in [-0.15, -0.1) is 0 Å². The number of halogens is 1. The molecular formula is C13H15FN2O2. The first-order valence-electron chi connectivity index (χ1n) is 5.55. The van der Waals surface area contributed by atoms with Gasteiger partial charge in [-0.2, -0.15) is 0 Å². The van der Waals surface area contributed by atoms with E-state index in [0.29, 0.717) is 23.4 Å². The number of carboxylic acids is 1. The van der Waals surface area contributed by atoms with Crippen molar-refractivity contribution in [2.24, 2.45) is 4.99 Å². The molecule has 1 heterocycles. The smallest absolute Gasteiger partial charge is 0.333 e. The Morgan fingerprint density at radius 3 is 2.61 bits per heavy atom. The quantitative estimate of drug-likeness (QED) is 0.660. The lowest BCUT2D eigenvalue weighted by Crippen LogP contribution is -2.03. The Labute approximate surface area is 105 Å². The molecule has 0 amide bonds. The molecule has 0 fully saturated rings. The molecule has 0 unspecified atom stereocenters. The minimum atomic E-state index is -0.999. The molecule has 0 saturated heterocycles. The molecular weight excluding hydrogens is 235 g/mol. The Bertz CT molecular complexity index is 521. The largest absolute Gasteiger partial charge is 0.478 e. The van der Waals surface area contributed by atoms with Gasteiger partial charge in [0.15, 0.2) is 0 Å². The highest BCUT2D eigenvalue weighted by Gasteiger charge is 2.08. The summed E-state index contributed by atoms with van der Waals surface area (Å²) in [4.78, 5) is 18.8. The summed E-state index contributed by atoms with van der Waals surface area (Å²) >= 11 is 0. The molecule has 0 aliphatic rings. The van der Waals surface area contributed by atoms with Crippen LogP contribution >= 0.6 is 0 Å². The summed E-state index contributed by atoms with van der Waals surface area (Å²) in [5.74, 6) is -1.44. The van der Waals surface area contributed by atoms with Crippen LogP contribution in [0.25, 0.3) is 0 Å². The Balaban J connectivity index is 3.16. The summed E-state index contributed by atoms with van der Waals surface area (Å²) in [6.45, 7) is 5.02. The SMILES string of the molecule is CC/C(N=C(C)c1cncc(F)c1)=C(/C)C(=O)O. The van der Waals surface area contributed by atoms with Crippen LogP contribution in [-0.4, -0.2) is 21.8 Å². The van der Waals surface area contributed by atoms with Crippen molar-refractivity contribution in [3.05, 3.63) is 41.1 Å². The van der Waals surface area contributed by atoms with E-state index < -0.39 is 11.8 Å². The van der Waals surface area contributed by atoms with Crippen LogP contribution < -0.4 is 0 Å². The molecule has 0 spiro atoms. The number of aliphatic carboxylic acids is 1. The fourth-order valence-electron chi connectivity index (χ4n) is 1.43. The lowest BCUT2D eigenvalue weighted by Gasteiger charge is -2.05. The van der Waals surface area contributed by atoms with Gasteiger partial charge in [-0.1, -0.05) is 6.92 Å². The summed E-state index contributed by atoms with van der Waals surface area (Å²) in [5, 5.41) is 8.91. The molecule has 0 radical (unpaired) electrons. The topological polar surface area (TPSA) is 62.5 Å². The second-order valence-electron chi connectivity index (χ2n) is 3.82. The van der Waals surface area contributed by atoms with Gasteiger partial charge in [0.05, 0.1) is 17.5 Å². The average molecular weight is 250 g/mol. The molecule has 18 heavy (non-hydrogen) atoms. The van der Waals surface area contributed by atoms with E-state index in [1.807, 2.05) is 6.92 Å². The summed E-state index contributed by atoms with van der Waals surface area (Å²) in [7, 11) is 0. The minimum absolute atomic E-state index is 0.196. The van der Waals surface area contributed by atoms with Gasteiger partial charge >= 0.3 is 5.97 Å². The lowest BCUT2D eigenvalue weighted by atomic mass is 10.1. The van der Waals surface area contributed by atoms with Crippen molar-refractivity contribution in [3.8, 4) is 0 Å². The van der Waals surface area contributed by atoms with Crippen LogP contribution in [0.15, 0.2) is 34.7 Å². The third-order valence-electron chi connectivity index (χ3n) is 2.51. The highest BCUT2D eigenvalue weighted by Crippen LogP contribution is 2.13. The molecule has 0 bridgehead atoms. The molecule has 5 heteroatoms. The highest BCUT2D eigenvalue weighted by atomic mass is 19.1. The molecule has 0 aromatic carbocycles. The van der Waals surface area contributed by atoms with Crippen molar-refractivity contribution < 1.29 is 14.3 Å². The number of rotatable bonds is 4. The summed E-state index contributed by atoms with van der Waals surface area (Å²) in [6, 6.07) is 1.31. The van der Waals surface area contributed by atoms with Crippen molar-refractivity contribution in [2.45, 2.75) is 27.2 Å². The van der Waals surface area contributed by atoms with E-state index in [2.05, 4.69) is 9.98 Å². The lowest BCUT2D eigenvalue weighted by molar-refractivity contribution is -0.132. The fourth-order valence-corrected chi connectivity index (χ4v) is 1.43. The zero-order valence-electron chi connectivity index (χ0n) is 10.6. The highest BCUT2D eigenvalue weighted by molar-refractivity contribution is 5.99. The van der Waals surface area contributed by atoms with Crippen LogP contribution in [0.1, 0.15) is 32.8 Å². The van der Waals surface area contributed by atoms with Gasteiger partial charge in [0.25, 0.3) is 0 Å². The van der Waals surface area contributed by atoms with Gasteiger partial charge in [0, 0.05) is 17.5 Å². The van der Waals surface area contributed by atoms with Crippen LogP contribution in [0.2, 0.25) is 0 Å². The third-order valence-corrected chi connectivity index (χ3v) is 2.51. The first kappa shape index (κ1) is 14.0. The zero-order chi connectivity index (χ0) is 13.7. The van der Waals surface area contributed by atoms with Crippen LogP contribution in [0, 0.1) is 5.82 Å². The van der Waals surface area contributed by atoms with Crippen LogP contribution in [0.5, 0.6) is 0 Å². The van der Waals surface area contributed by atoms with Crippen molar-refractivity contribution in [1.29, 1.82) is 0 Å². The Morgan fingerprint density at radius 2 is 2.11 bits per heavy atom. The predicted molar refractivity (Wildman–Crippen MR) is 67.0 cm³/mol. The Kier molecular flexibility index (Phi) is 4.71. The molecule has 1 aromatic heterocycles. The maximum absolute atomic E-state index is 13.0. The van der Waals surface area contributed by atoms with Gasteiger partial charge in [-0.05, 0) is 26.3 Å². The molecule has 1 rings (SSSR count). The molecule has 0 aliphatic carbocycles. The third kappa shape index (κ3) is 3.48. The van der Waals surface area contributed by atoms with Gasteiger partial charge in [-0.25, -0.2) is 9.18 Å². The van der Waals surface area contributed by atoms with Crippen LogP contribution in [0.3, 0.4) is 0 Å². The van der Waals surface area contributed by atoms with Crippen molar-refractivity contribution in [1.82, 2.24) is 4.98 Å². The second kappa shape index (κ2) is 6.05. The van der Waals surface area contributed by atoms with E-state index >= 15 is 0 Å². The van der Waals surface area contributed by atoms with Crippen molar-refractivity contribution in [3.63, 3.8) is 0 Å². The van der Waals surface area contributed by atoms with E-state index in [1.54, 1.807) is 6.92 Å². The number of aliphatic imine (C=N–C) groups is 1. The monoisotopic (exact) mass is 250 g/mol. The molecule has 4 nitrogen and oxygen atoms in total. The van der Waals surface area contributed by atoms with Crippen LogP contribution in [0.4, 0.5) is 4.39 Å². The summed E-state index contributed by atoms with van der Waals surface area (Å²) < 4.78 is 13.0. The van der Waals surface area contributed by atoms with E-state index in [4.69, 9.17) is 5.11 Å². The van der Waals surface area contributed by atoms with Gasteiger partial charge < -0.3 is 5.11 Å². The Morgan fingerprint density at radius 1 is 1.44 bits per heavy atom. The number of carboxylic acid groups (broad SMARTS) is 1. The van der Waals surface area contributed by atoms with Crippen molar-refractivity contribution >= 4 is 11.7 Å². The van der Waals surface area contributed by atoms with Gasteiger partial charge in [-0.3, -0.25) is 9.98 Å². The Hall–Kier alpha value is -2.04. The van der Waals surface area contributed by atoms with Crippen LogP contribution in [-0.2, 0) is 4.79 Å². The summed E-state index contributed by atoms with van der Waals surface area (Å²) in [6.07, 6.45) is 3.10. The van der Waals surface area contributed by atoms with E-state index in [1.165, 1.54) is 19.2 Å². The van der Waals surface area contributed by atoms with E-state index in [-0.39, 0.29) is 5.57 Å². The van der Waals surface area contributed by atoms with Gasteiger partial charge in [0.2, 0.25) is 0 Å². The van der Waals surface area contributed by atoms with E-state index in [0.717, 1.165) is 6.20 Å². The normalized spacial score (nSPS) is 13.2. The molecule has 96 valence electrons. The van der Waals surface area contributed by atoms with E-state index in [9.17, 15) is 9.18 Å². The fraction of sp³-hybridized carbons (Fsp3) is 0.308. The van der Waals surface area contributed by atoms with Gasteiger partial charge in [0.1, 0.15) is 5.82 Å². The molecule has 0 saturated carbocycles.